The van der Waals surface area contributed by atoms with Crippen molar-refractivity contribution in [2.75, 3.05) is 0 Å². The Balaban J connectivity index is 2.22. The summed E-state index contributed by atoms with van der Waals surface area (Å²) in [5, 5.41) is 0. The predicted octanol–water partition coefficient (Wildman–Crippen LogP) is 3.75. The summed E-state index contributed by atoms with van der Waals surface area (Å²) >= 11 is 6.46. The highest BCUT2D eigenvalue weighted by Crippen LogP contribution is 2.28. The molecule has 0 saturated heterocycles. The molecular formula is C14H7Br2FN2O2. The van der Waals surface area contributed by atoms with E-state index in [1.807, 2.05) is 0 Å². The lowest BCUT2D eigenvalue weighted by Gasteiger charge is -2.07. The number of halogens is 3. The molecule has 3 rings (SSSR count). The van der Waals surface area contributed by atoms with Crippen molar-refractivity contribution in [2.24, 2.45) is 0 Å². The minimum absolute atomic E-state index is 0.0459. The van der Waals surface area contributed by atoms with Crippen LogP contribution >= 0.6 is 31.9 Å². The Morgan fingerprint density at radius 2 is 1.71 bits per heavy atom. The molecule has 0 fully saturated rings. The van der Waals surface area contributed by atoms with Gasteiger partial charge in [0.2, 0.25) is 0 Å². The summed E-state index contributed by atoms with van der Waals surface area (Å²) in [6.07, 6.45) is 0. The first-order valence-electron chi connectivity index (χ1n) is 5.87. The van der Waals surface area contributed by atoms with Crippen LogP contribution < -0.4 is 5.69 Å². The van der Waals surface area contributed by atoms with Crippen LogP contribution in [0.3, 0.4) is 0 Å². The summed E-state index contributed by atoms with van der Waals surface area (Å²) < 4.78 is 14.8. The van der Waals surface area contributed by atoms with Crippen molar-refractivity contribution in [3.63, 3.8) is 0 Å². The van der Waals surface area contributed by atoms with Crippen molar-refractivity contribution in [1.82, 2.24) is 9.97 Å². The van der Waals surface area contributed by atoms with Crippen LogP contribution in [-0.4, -0.2) is 15.8 Å². The number of imidazole rings is 1. The van der Waals surface area contributed by atoms with Crippen LogP contribution in [0.15, 0.2) is 44.1 Å². The number of carbonyl (C=O) groups is 1. The van der Waals surface area contributed by atoms with Crippen LogP contribution in [0.25, 0.3) is 11.0 Å². The van der Waals surface area contributed by atoms with Gasteiger partial charge in [-0.25, -0.2) is 9.18 Å². The maximum absolute atomic E-state index is 13.9. The van der Waals surface area contributed by atoms with Crippen LogP contribution in [0.2, 0.25) is 0 Å². The van der Waals surface area contributed by atoms with Gasteiger partial charge in [-0.15, -0.1) is 0 Å². The van der Waals surface area contributed by atoms with Gasteiger partial charge >= 0.3 is 5.69 Å². The van der Waals surface area contributed by atoms with E-state index in [9.17, 15) is 14.0 Å². The fourth-order valence-electron chi connectivity index (χ4n) is 2.08. The van der Waals surface area contributed by atoms with Gasteiger partial charge in [-0.2, -0.15) is 0 Å². The Kier molecular flexibility index (Phi) is 3.54. The first-order valence-corrected chi connectivity index (χ1v) is 7.46. The van der Waals surface area contributed by atoms with E-state index < -0.39 is 11.6 Å². The molecule has 0 radical (unpaired) electrons. The van der Waals surface area contributed by atoms with Gasteiger partial charge in [-0.3, -0.25) is 4.79 Å². The third kappa shape index (κ3) is 2.47. The SMILES string of the molecule is O=C(c1cc2[nH]c(=O)[nH]c2cc1Br)c1c(F)cccc1Br. The minimum atomic E-state index is -0.607. The van der Waals surface area contributed by atoms with Crippen LogP contribution in [-0.2, 0) is 0 Å². The maximum atomic E-state index is 13.9. The van der Waals surface area contributed by atoms with Crippen molar-refractivity contribution >= 4 is 48.7 Å². The number of H-pyrrole nitrogens is 2. The molecule has 4 nitrogen and oxygen atoms in total. The fraction of sp³-hybridized carbons (Fsp3) is 0. The Bertz CT molecular complexity index is 910. The van der Waals surface area contributed by atoms with Gasteiger partial charge in [0.25, 0.3) is 0 Å². The molecule has 0 aliphatic carbocycles. The largest absolute Gasteiger partial charge is 0.323 e. The Morgan fingerprint density at radius 3 is 2.38 bits per heavy atom. The molecule has 1 heterocycles. The van der Waals surface area contributed by atoms with Crippen molar-refractivity contribution in [1.29, 1.82) is 0 Å². The van der Waals surface area contributed by atoms with Crippen LogP contribution in [0.5, 0.6) is 0 Å². The van der Waals surface area contributed by atoms with E-state index >= 15 is 0 Å². The van der Waals surface area contributed by atoms with Crippen LogP contribution in [0, 0.1) is 5.82 Å². The molecule has 3 aromatic rings. The quantitative estimate of drug-likeness (QED) is 0.628. The molecule has 0 spiro atoms. The third-order valence-corrected chi connectivity index (χ3v) is 4.35. The molecule has 106 valence electrons. The molecule has 0 bridgehead atoms. The van der Waals surface area contributed by atoms with E-state index in [1.54, 1.807) is 12.1 Å². The van der Waals surface area contributed by atoms with E-state index in [0.29, 0.717) is 20.0 Å². The highest BCUT2D eigenvalue weighted by Gasteiger charge is 2.20. The summed E-state index contributed by atoms with van der Waals surface area (Å²) in [5.74, 6) is -1.08. The Morgan fingerprint density at radius 1 is 1.05 bits per heavy atom. The molecule has 0 atom stereocenters. The fourth-order valence-corrected chi connectivity index (χ4v) is 3.12. The predicted molar refractivity (Wildman–Crippen MR) is 84.2 cm³/mol. The molecule has 0 unspecified atom stereocenters. The standard InChI is InChI=1S/C14H7Br2FN2O2/c15-7-2-1-3-9(17)12(7)13(20)6-4-10-11(5-8(6)16)19-14(21)18-10/h1-5H,(H2,18,19,21). The number of hydrogen-bond acceptors (Lipinski definition) is 2. The molecule has 1 aromatic heterocycles. The van der Waals surface area contributed by atoms with Crippen molar-refractivity contribution in [3.8, 4) is 0 Å². The van der Waals surface area contributed by atoms with E-state index in [0.717, 1.165) is 0 Å². The molecule has 2 N–H and O–H groups in total. The third-order valence-electron chi connectivity index (χ3n) is 3.04. The molecule has 0 amide bonds. The molecule has 2 aromatic carbocycles. The topological polar surface area (TPSA) is 65.7 Å². The number of carbonyl (C=O) groups excluding carboxylic acids is 1. The van der Waals surface area contributed by atoms with Crippen molar-refractivity contribution in [3.05, 3.63) is 66.7 Å². The van der Waals surface area contributed by atoms with Crippen LogP contribution in [0.1, 0.15) is 15.9 Å². The van der Waals surface area contributed by atoms with Crippen LogP contribution in [0.4, 0.5) is 4.39 Å². The van der Waals surface area contributed by atoms with Gasteiger partial charge in [0, 0.05) is 14.5 Å². The lowest BCUT2D eigenvalue weighted by Crippen LogP contribution is -2.06. The zero-order valence-corrected chi connectivity index (χ0v) is 13.5. The maximum Gasteiger partial charge on any atom is 0.323 e. The number of nitrogens with one attached hydrogen (secondary N) is 2. The highest BCUT2D eigenvalue weighted by atomic mass is 79.9. The molecular weight excluding hydrogens is 407 g/mol. The molecule has 0 aliphatic rings. The summed E-state index contributed by atoms with van der Waals surface area (Å²) in [6.45, 7) is 0. The van der Waals surface area contributed by atoms with Gasteiger partial charge in [0.15, 0.2) is 5.78 Å². The average molecular weight is 414 g/mol. The van der Waals surface area contributed by atoms with Crippen molar-refractivity contribution in [2.45, 2.75) is 0 Å². The second-order valence-corrected chi connectivity index (χ2v) is 6.09. The van der Waals surface area contributed by atoms with Gasteiger partial charge in [-0.1, -0.05) is 6.07 Å². The summed E-state index contributed by atoms with van der Waals surface area (Å²) in [4.78, 5) is 29.0. The van der Waals surface area contributed by atoms with Gasteiger partial charge in [-0.05, 0) is 56.1 Å². The monoisotopic (exact) mass is 412 g/mol. The van der Waals surface area contributed by atoms with Gasteiger partial charge in [0.05, 0.1) is 16.6 Å². The molecule has 21 heavy (non-hydrogen) atoms. The zero-order valence-electron chi connectivity index (χ0n) is 10.3. The summed E-state index contributed by atoms with van der Waals surface area (Å²) in [6, 6.07) is 7.45. The van der Waals surface area contributed by atoms with Crippen molar-refractivity contribution < 1.29 is 9.18 Å². The summed E-state index contributed by atoms with van der Waals surface area (Å²) in [5.41, 5.74) is 0.905. The van der Waals surface area contributed by atoms with Gasteiger partial charge < -0.3 is 9.97 Å². The Labute approximate surface area is 134 Å². The first kappa shape index (κ1) is 14.2. The number of ketones is 1. The Hall–Kier alpha value is -1.73. The lowest BCUT2D eigenvalue weighted by molar-refractivity contribution is 0.103. The number of hydrogen-bond donors (Lipinski definition) is 2. The second kappa shape index (κ2) is 5.23. The number of aromatic amines is 2. The average Bonchev–Trinajstić information content (AvgIpc) is 2.76. The first-order chi connectivity index (χ1) is 9.97. The van der Waals surface area contributed by atoms with E-state index in [2.05, 4.69) is 41.8 Å². The van der Waals surface area contributed by atoms with E-state index in [4.69, 9.17) is 0 Å². The normalized spacial score (nSPS) is 11.0. The second-order valence-electron chi connectivity index (χ2n) is 4.38. The highest BCUT2D eigenvalue weighted by molar-refractivity contribution is 9.11. The van der Waals surface area contributed by atoms with Gasteiger partial charge in [0.1, 0.15) is 5.82 Å². The number of fused-ring (bicyclic) bond motifs is 1. The van der Waals surface area contributed by atoms with E-state index in [-0.39, 0.29) is 16.8 Å². The smallest absolute Gasteiger partial charge is 0.306 e. The lowest BCUT2D eigenvalue weighted by atomic mass is 10.0. The molecule has 0 aliphatic heterocycles. The number of rotatable bonds is 2. The van der Waals surface area contributed by atoms with E-state index in [1.165, 1.54) is 18.2 Å². The summed E-state index contributed by atoms with van der Waals surface area (Å²) in [7, 11) is 0. The molecule has 0 saturated carbocycles. The molecule has 7 heteroatoms. The zero-order chi connectivity index (χ0) is 15.1. The minimum Gasteiger partial charge on any atom is -0.306 e. The number of benzene rings is 2. The number of aromatic nitrogens is 2.